The van der Waals surface area contributed by atoms with E-state index in [1.54, 1.807) is 12.1 Å². The van der Waals surface area contributed by atoms with Gasteiger partial charge in [-0.2, -0.15) is 4.98 Å². The van der Waals surface area contributed by atoms with E-state index in [1.165, 1.54) is 12.1 Å². The molecule has 0 aliphatic rings. The Morgan fingerprint density at radius 2 is 2.27 bits per heavy atom. The van der Waals surface area contributed by atoms with Crippen molar-refractivity contribution in [2.75, 3.05) is 6.54 Å². The Morgan fingerprint density at radius 1 is 1.40 bits per heavy atom. The third-order valence-corrected chi connectivity index (χ3v) is 1.91. The van der Waals surface area contributed by atoms with Gasteiger partial charge in [0.25, 0.3) is 5.89 Å². The second-order valence-corrected chi connectivity index (χ2v) is 3.06. The van der Waals surface area contributed by atoms with Gasteiger partial charge in [0.1, 0.15) is 5.82 Å². The van der Waals surface area contributed by atoms with Crippen LogP contribution in [0, 0.1) is 5.82 Å². The van der Waals surface area contributed by atoms with E-state index in [9.17, 15) is 4.39 Å². The van der Waals surface area contributed by atoms with Gasteiger partial charge in [0.15, 0.2) is 5.82 Å². The van der Waals surface area contributed by atoms with E-state index >= 15 is 0 Å². The predicted molar refractivity (Wildman–Crippen MR) is 52.5 cm³/mol. The highest BCUT2D eigenvalue weighted by Crippen LogP contribution is 2.17. The lowest BCUT2D eigenvalue weighted by Gasteiger charge is -1.92. The van der Waals surface area contributed by atoms with Crippen molar-refractivity contribution < 1.29 is 8.91 Å². The summed E-state index contributed by atoms with van der Waals surface area (Å²) >= 11 is 0. The smallest absolute Gasteiger partial charge is 0.258 e. The topological polar surface area (TPSA) is 64.9 Å². The summed E-state index contributed by atoms with van der Waals surface area (Å²) < 4.78 is 17.9. The molecule has 78 valence electrons. The monoisotopic (exact) mass is 207 g/mol. The quantitative estimate of drug-likeness (QED) is 0.825. The van der Waals surface area contributed by atoms with E-state index in [1.807, 2.05) is 0 Å². The Hall–Kier alpha value is -1.75. The summed E-state index contributed by atoms with van der Waals surface area (Å²) in [6, 6.07) is 6.01. The zero-order valence-corrected chi connectivity index (χ0v) is 7.98. The number of hydrogen-bond donors (Lipinski definition) is 1. The fourth-order valence-electron chi connectivity index (χ4n) is 1.22. The summed E-state index contributed by atoms with van der Waals surface area (Å²) in [5.41, 5.74) is 5.93. The summed E-state index contributed by atoms with van der Waals surface area (Å²) in [6.45, 7) is 0.460. The SMILES string of the molecule is NCCc1noc(-c2cccc(F)c2)n1. The molecule has 0 fully saturated rings. The molecule has 15 heavy (non-hydrogen) atoms. The van der Waals surface area contributed by atoms with E-state index in [0.717, 1.165) is 0 Å². The van der Waals surface area contributed by atoms with E-state index in [-0.39, 0.29) is 5.82 Å². The molecule has 2 aromatic rings. The average Bonchev–Trinajstić information content (AvgIpc) is 2.67. The van der Waals surface area contributed by atoms with Gasteiger partial charge in [0, 0.05) is 12.0 Å². The summed E-state index contributed by atoms with van der Waals surface area (Å²) in [6.07, 6.45) is 0.554. The molecule has 4 nitrogen and oxygen atoms in total. The molecule has 2 rings (SSSR count). The van der Waals surface area contributed by atoms with Crippen LogP contribution in [-0.4, -0.2) is 16.7 Å². The molecule has 0 spiro atoms. The number of benzene rings is 1. The van der Waals surface area contributed by atoms with Crippen molar-refractivity contribution in [1.82, 2.24) is 10.1 Å². The van der Waals surface area contributed by atoms with Crippen LogP contribution in [0.2, 0.25) is 0 Å². The third kappa shape index (κ3) is 2.19. The predicted octanol–water partition coefficient (Wildman–Crippen LogP) is 1.38. The largest absolute Gasteiger partial charge is 0.334 e. The molecule has 0 saturated carbocycles. The number of halogens is 1. The molecule has 1 aromatic heterocycles. The fourth-order valence-corrected chi connectivity index (χ4v) is 1.22. The molecule has 2 N–H and O–H groups in total. The summed E-state index contributed by atoms with van der Waals surface area (Å²) in [5.74, 6) is 0.529. The molecule has 0 aliphatic carbocycles. The van der Waals surface area contributed by atoms with Crippen LogP contribution < -0.4 is 5.73 Å². The van der Waals surface area contributed by atoms with E-state index in [2.05, 4.69) is 10.1 Å². The number of hydrogen-bond acceptors (Lipinski definition) is 4. The first-order valence-electron chi connectivity index (χ1n) is 4.58. The Morgan fingerprint density at radius 3 is 3.00 bits per heavy atom. The van der Waals surface area contributed by atoms with Gasteiger partial charge in [-0.15, -0.1) is 0 Å². The maximum Gasteiger partial charge on any atom is 0.258 e. The van der Waals surface area contributed by atoms with Crippen molar-refractivity contribution in [1.29, 1.82) is 0 Å². The van der Waals surface area contributed by atoms with Crippen LogP contribution >= 0.6 is 0 Å². The van der Waals surface area contributed by atoms with Gasteiger partial charge in [0.2, 0.25) is 0 Å². The van der Waals surface area contributed by atoms with Crippen LogP contribution in [0.1, 0.15) is 5.82 Å². The van der Waals surface area contributed by atoms with Crippen molar-refractivity contribution in [3.8, 4) is 11.5 Å². The zero-order valence-electron chi connectivity index (χ0n) is 7.98. The second-order valence-electron chi connectivity index (χ2n) is 3.06. The standard InChI is InChI=1S/C10H10FN3O/c11-8-3-1-2-7(6-8)10-13-9(4-5-12)14-15-10/h1-3,6H,4-5,12H2. The lowest BCUT2D eigenvalue weighted by Crippen LogP contribution is -2.03. The highest BCUT2D eigenvalue weighted by atomic mass is 19.1. The Labute approximate surface area is 85.9 Å². The Kier molecular flexibility index (Phi) is 2.73. The number of nitrogens with zero attached hydrogens (tertiary/aromatic N) is 2. The third-order valence-electron chi connectivity index (χ3n) is 1.91. The highest BCUT2D eigenvalue weighted by Gasteiger charge is 2.08. The minimum atomic E-state index is -0.328. The molecule has 1 aromatic carbocycles. The van der Waals surface area contributed by atoms with Crippen LogP contribution in [0.5, 0.6) is 0 Å². The van der Waals surface area contributed by atoms with Crippen molar-refractivity contribution in [2.24, 2.45) is 5.73 Å². The van der Waals surface area contributed by atoms with Crippen molar-refractivity contribution >= 4 is 0 Å². The molecule has 5 heteroatoms. The minimum Gasteiger partial charge on any atom is -0.334 e. The number of aromatic nitrogens is 2. The first-order valence-corrected chi connectivity index (χ1v) is 4.58. The lowest BCUT2D eigenvalue weighted by molar-refractivity contribution is 0.422. The molecular weight excluding hydrogens is 197 g/mol. The molecule has 0 bridgehead atoms. The van der Waals surface area contributed by atoms with Crippen LogP contribution in [0.15, 0.2) is 28.8 Å². The van der Waals surface area contributed by atoms with Gasteiger partial charge < -0.3 is 10.3 Å². The van der Waals surface area contributed by atoms with Gasteiger partial charge in [0.05, 0.1) is 0 Å². The molecule has 0 amide bonds. The van der Waals surface area contributed by atoms with E-state index < -0.39 is 0 Å². The van der Waals surface area contributed by atoms with E-state index in [0.29, 0.717) is 30.2 Å². The van der Waals surface area contributed by atoms with Crippen LogP contribution in [0.25, 0.3) is 11.5 Å². The summed E-state index contributed by atoms with van der Waals surface area (Å²) in [4.78, 5) is 4.09. The molecule has 1 heterocycles. The summed E-state index contributed by atoms with van der Waals surface area (Å²) in [5, 5.41) is 3.72. The highest BCUT2D eigenvalue weighted by molar-refractivity contribution is 5.52. The van der Waals surface area contributed by atoms with Gasteiger partial charge in [-0.1, -0.05) is 11.2 Å². The van der Waals surface area contributed by atoms with Gasteiger partial charge >= 0.3 is 0 Å². The number of nitrogens with two attached hydrogens (primary N) is 1. The van der Waals surface area contributed by atoms with Crippen molar-refractivity contribution in [3.05, 3.63) is 35.9 Å². The molecule has 0 atom stereocenters. The molecule has 0 aliphatic heterocycles. The van der Waals surface area contributed by atoms with Crippen LogP contribution in [-0.2, 0) is 6.42 Å². The van der Waals surface area contributed by atoms with Crippen LogP contribution in [0.3, 0.4) is 0 Å². The first-order chi connectivity index (χ1) is 7.29. The first kappa shape index (κ1) is 9.79. The number of rotatable bonds is 3. The minimum absolute atomic E-state index is 0.318. The van der Waals surface area contributed by atoms with Gasteiger partial charge in [-0.3, -0.25) is 0 Å². The fraction of sp³-hybridized carbons (Fsp3) is 0.200. The molecular formula is C10H10FN3O. The lowest BCUT2D eigenvalue weighted by atomic mass is 10.2. The Balaban J connectivity index is 2.29. The molecule has 0 radical (unpaired) electrons. The van der Waals surface area contributed by atoms with Gasteiger partial charge in [-0.25, -0.2) is 4.39 Å². The second kappa shape index (κ2) is 4.18. The average molecular weight is 207 g/mol. The van der Waals surface area contributed by atoms with Crippen molar-refractivity contribution in [2.45, 2.75) is 6.42 Å². The van der Waals surface area contributed by atoms with Crippen molar-refractivity contribution in [3.63, 3.8) is 0 Å². The van der Waals surface area contributed by atoms with Crippen LogP contribution in [0.4, 0.5) is 4.39 Å². The normalized spacial score (nSPS) is 10.5. The maximum absolute atomic E-state index is 12.9. The maximum atomic E-state index is 12.9. The van der Waals surface area contributed by atoms with E-state index in [4.69, 9.17) is 10.3 Å². The molecule has 0 unspecified atom stereocenters. The zero-order chi connectivity index (χ0) is 10.7. The van der Waals surface area contributed by atoms with Gasteiger partial charge in [-0.05, 0) is 24.7 Å². The molecule has 0 saturated heterocycles. The Bertz CT molecular complexity index is 455. The summed E-state index contributed by atoms with van der Waals surface area (Å²) in [7, 11) is 0.